The van der Waals surface area contributed by atoms with Gasteiger partial charge in [0.2, 0.25) is 0 Å². The Kier molecular flexibility index (Phi) is 2.91. The minimum atomic E-state index is 0.500. The second kappa shape index (κ2) is 4.05. The van der Waals surface area contributed by atoms with Crippen LogP contribution < -0.4 is 5.73 Å². The number of nitrogens with one attached hydrogen (secondary N) is 1. The first-order valence-electron chi connectivity index (χ1n) is 4.86. The van der Waals surface area contributed by atoms with Gasteiger partial charge in [-0.1, -0.05) is 30.1 Å². The number of benzene rings is 1. The molecule has 1 heterocycles. The fraction of sp³-hybridized carbons (Fsp3) is 0.273. The number of aromatic amines is 1. The van der Waals surface area contributed by atoms with Crippen molar-refractivity contribution in [1.29, 1.82) is 0 Å². The molecule has 0 saturated carbocycles. The van der Waals surface area contributed by atoms with Gasteiger partial charge in [-0.25, -0.2) is 0 Å². The summed E-state index contributed by atoms with van der Waals surface area (Å²) in [6.07, 6.45) is 0.912. The average Bonchev–Trinajstić information content (AvgIpc) is 2.55. The van der Waals surface area contributed by atoms with Gasteiger partial charge < -0.3 is 10.7 Å². The average molecular weight is 243 g/mol. The summed E-state index contributed by atoms with van der Waals surface area (Å²) in [6.45, 7) is 2.58. The number of aryl methyl sites for hydroxylation is 1. The Morgan fingerprint density at radius 1 is 1.33 bits per heavy atom. The van der Waals surface area contributed by atoms with E-state index in [0.29, 0.717) is 16.6 Å². The van der Waals surface area contributed by atoms with Crippen molar-refractivity contribution in [3.8, 4) is 0 Å². The smallest absolute Gasteiger partial charge is 0.0662 e. The SMILES string of the molecule is CCc1[nH]c2c(Cl)cc(Cl)cc2c1CN. The molecule has 0 unspecified atom stereocenters. The van der Waals surface area contributed by atoms with Crippen LogP contribution in [0.2, 0.25) is 10.0 Å². The number of nitrogens with two attached hydrogens (primary N) is 1. The molecule has 0 aliphatic rings. The van der Waals surface area contributed by atoms with Crippen LogP contribution in [0, 0.1) is 0 Å². The first-order chi connectivity index (χ1) is 7.17. The molecular formula is C11H12Cl2N2. The zero-order valence-corrected chi connectivity index (χ0v) is 9.91. The summed E-state index contributed by atoms with van der Waals surface area (Å²) in [4.78, 5) is 3.29. The minimum absolute atomic E-state index is 0.500. The summed E-state index contributed by atoms with van der Waals surface area (Å²) < 4.78 is 0. The monoisotopic (exact) mass is 242 g/mol. The van der Waals surface area contributed by atoms with Crippen LogP contribution in [0.5, 0.6) is 0 Å². The van der Waals surface area contributed by atoms with Crippen LogP contribution in [0.1, 0.15) is 18.2 Å². The Labute approximate surface area is 98.4 Å². The molecule has 0 bridgehead atoms. The van der Waals surface area contributed by atoms with Crippen molar-refractivity contribution in [3.05, 3.63) is 33.4 Å². The van der Waals surface area contributed by atoms with E-state index in [0.717, 1.165) is 28.6 Å². The summed E-state index contributed by atoms with van der Waals surface area (Å²) in [5.41, 5.74) is 8.90. The van der Waals surface area contributed by atoms with E-state index in [2.05, 4.69) is 11.9 Å². The van der Waals surface area contributed by atoms with E-state index >= 15 is 0 Å². The summed E-state index contributed by atoms with van der Waals surface area (Å²) >= 11 is 12.1. The third-order valence-corrected chi connectivity index (χ3v) is 3.09. The fourth-order valence-corrected chi connectivity index (χ4v) is 2.40. The molecule has 2 rings (SSSR count). The van der Waals surface area contributed by atoms with Crippen LogP contribution in [0.15, 0.2) is 12.1 Å². The predicted octanol–water partition coefficient (Wildman–Crippen LogP) is 3.50. The van der Waals surface area contributed by atoms with Crippen LogP contribution in [-0.4, -0.2) is 4.98 Å². The molecule has 0 spiro atoms. The van der Waals surface area contributed by atoms with E-state index in [9.17, 15) is 0 Å². The van der Waals surface area contributed by atoms with Gasteiger partial charge >= 0.3 is 0 Å². The van der Waals surface area contributed by atoms with Gasteiger partial charge in [-0.2, -0.15) is 0 Å². The molecule has 80 valence electrons. The second-order valence-corrected chi connectivity index (χ2v) is 4.29. The number of fused-ring (bicyclic) bond motifs is 1. The van der Waals surface area contributed by atoms with Gasteiger partial charge in [0, 0.05) is 22.6 Å². The Bertz CT molecular complexity index is 503. The summed E-state index contributed by atoms with van der Waals surface area (Å²) in [7, 11) is 0. The van der Waals surface area contributed by atoms with Crippen molar-refractivity contribution in [3.63, 3.8) is 0 Å². The maximum Gasteiger partial charge on any atom is 0.0662 e. The standard InChI is InChI=1S/C11H12Cl2N2/c1-2-10-8(5-14)7-3-6(12)4-9(13)11(7)15-10/h3-4,15H,2,5,14H2,1H3. The van der Waals surface area contributed by atoms with E-state index in [-0.39, 0.29) is 0 Å². The fourth-order valence-electron chi connectivity index (χ4n) is 1.86. The third-order valence-electron chi connectivity index (χ3n) is 2.58. The molecule has 0 aliphatic heterocycles. The highest BCUT2D eigenvalue weighted by Gasteiger charge is 2.11. The Balaban J connectivity index is 2.82. The highest BCUT2D eigenvalue weighted by Crippen LogP contribution is 2.31. The van der Waals surface area contributed by atoms with Gasteiger partial charge in [-0.3, -0.25) is 0 Å². The van der Waals surface area contributed by atoms with Gasteiger partial charge in [0.05, 0.1) is 10.5 Å². The summed E-state index contributed by atoms with van der Waals surface area (Å²) in [5, 5.41) is 2.32. The first-order valence-corrected chi connectivity index (χ1v) is 5.61. The second-order valence-electron chi connectivity index (χ2n) is 3.45. The van der Waals surface area contributed by atoms with Gasteiger partial charge in [-0.05, 0) is 24.1 Å². The number of hydrogen-bond donors (Lipinski definition) is 2. The molecule has 4 heteroatoms. The Morgan fingerprint density at radius 2 is 2.07 bits per heavy atom. The molecular weight excluding hydrogens is 231 g/mol. The highest BCUT2D eigenvalue weighted by atomic mass is 35.5. The zero-order chi connectivity index (χ0) is 11.0. The van der Waals surface area contributed by atoms with Crippen molar-refractivity contribution in [2.75, 3.05) is 0 Å². The molecule has 0 atom stereocenters. The van der Waals surface area contributed by atoms with Gasteiger partial charge in [-0.15, -0.1) is 0 Å². The molecule has 3 N–H and O–H groups in total. The minimum Gasteiger partial charge on any atom is -0.357 e. The van der Waals surface area contributed by atoms with Gasteiger partial charge in [0.25, 0.3) is 0 Å². The molecule has 2 aromatic rings. The molecule has 0 aliphatic carbocycles. The van der Waals surface area contributed by atoms with Crippen LogP contribution in [-0.2, 0) is 13.0 Å². The molecule has 0 amide bonds. The molecule has 0 radical (unpaired) electrons. The normalized spacial score (nSPS) is 11.2. The maximum absolute atomic E-state index is 6.11. The van der Waals surface area contributed by atoms with Crippen LogP contribution in [0.4, 0.5) is 0 Å². The lowest BCUT2D eigenvalue weighted by molar-refractivity contribution is 0.987. The molecule has 0 saturated heterocycles. The van der Waals surface area contributed by atoms with Gasteiger partial charge in [0.15, 0.2) is 0 Å². The van der Waals surface area contributed by atoms with Crippen molar-refractivity contribution in [2.24, 2.45) is 5.73 Å². The molecule has 1 aromatic carbocycles. The van der Waals surface area contributed by atoms with Crippen LogP contribution in [0.25, 0.3) is 10.9 Å². The first kappa shape index (κ1) is 10.8. The van der Waals surface area contributed by atoms with Crippen molar-refractivity contribution < 1.29 is 0 Å². The van der Waals surface area contributed by atoms with E-state index in [1.165, 1.54) is 0 Å². The summed E-state index contributed by atoms with van der Waals surface area (Å²) in [6, 6.07) is 3.64. The van der Waals surface area contributed by atoms with Crippen molar-refractivity contribution in [1.82, 2.24) is 4.98 Å². The topological polar surface area (TPSA) is 41.8 Å². The van der Waals surface area contributed by atoms with E-state index < -0.39 is 0 Å². The number of H-pyrrole nitrogens is 1. The largest absolute Gasteiger partial charge is 0.357 e. The number of halogens is 2. The maximum atomic E-state index is 6.11. The quantitative estimate of drug-likeness (QED) is 0.832. The highest BCUT2D eigenvalue weighted by molar-refractivity contribution is 6.38. The lowest BCUT2D eigenvalue weighted by Crippen LogP contribution is -1.98. The third kappa shape index (κ3) is 1.73. The molecule has 1 aromatic heterocycles. The Morgan fingerprint density at radius 3 is 2.67 bits per heavy atom. The number of hydrogen-bond acceptors (Lipinski definition) is 1. The Hall–Kier alpha value is -0.700. The van der Waals surface area contributed by atoms with E-state index in [1.807, 2.05) is 6.07 Å². The van der Waals surface area contributed by atoms with Crippen LogP contribution in [0.3, 0.4) is 0 Å². The molecule has 15 heavy (non-hydrogen) atoms. The number of aromatic nitrogens is 1. The van der Waals surface area contributed by atoms with Crippen molar-refractivity contribution in [2.45, 2.75) is 19.9 Å². The molecule has 2 nitrogen and oxygen atoms in total. The lowest BCUT2D eigenvalue weighted by Gasteiger charge is -1.98. The lowest BCUT2D eigenvalue weighted by atomic mass is 10.1. The predicted molar refractivity (Wildman–Crippen MR) is 65.6 cm³/mol. The van der Waals surface area contributed by atoms with Crippen molar-refractivity contribution >= 4 is 34.1 Å². The van der Waals surface area contributed by atoms with Crippen LogP contribution >= 0.6 is 23.2 Å². The van der Waals surface area contributed by atoms with E-state index in [4.69, 9.17) is 28.9 Å². The zero-order valence-electron chi connectivity index (χ0n) is 8.40. The number of rotatable bonds is 2. The van der Waals surface area contributed by atoms with Gasteiger partial charge in [0.1, 0.15) is 0 Å². The summed E-state index contributed by atoms with van der Waals surface area (Å²) in [5.74, 6) is 0. The molecule has 0 fully saturated rings. The van der Waals surface area contributed by atoms with E-state index in [1.54, 1.807) is 6.07 Å².